The molecule has 0 fully saturated rings. The first-order valence-corrected chi connectivity index (χ1v) is 15.6. The van der Waals surface area contributed by atoms with Gasteiger partial charge in [-0.15, -0.1) is 0 Å². The minimum absolute atomic E-state index is 0.0161. The molecule has 41 heavy (non-hydrogen) atoms. The summed E-state index contributed by atoms with van der Waals surface area (Å²) in [6, 6.07) is 11.0. The Morgan fingerprint density at radius 1 is 1.15 bits per heavy atom. The van der Waals surface area contributed by atoms with Gasteiger partial charge in [0.2, 0.25) is 0 Å². The number of fused-ring (bicyclic) bond motifs is 1. The highest BCUT2D eigenvalue weighted by Gasteiger charge is 2.28. The van der Waals surface area contributed by atoms with Gasteiger partial charge in [0.15, 0.2) is 0 Å². The van der Waals surface area contributed by atoms with Crippen molar-refractivity contribution in [1.29, 1.82) is 0 Å². The van der Waals surface area contributed by atoms with E-state index in [-0.39, 0.29) is 17.1 Å². The second kappa shape index (κ2) is 11.0. The largest absolute Gasteiger partial charge is 0.465 e. The van der Waals surface area contributed by atoms with E-state index in [1.54, 1.807) is 38.1 Å². The van der Waals surface area contributed by atoms with Crippen LogP contribution in [0.1, 0.15) is 47.3 Å². The van der Waals surface area contributed by atoms with Crippen LogP contribution in [0.3, 0.4) is 0 Å². The standard InChI is InChI=1S/C31H26ClFINO5S/c1-31(2,37)21-8-11-23(12-9-21)41(38,39)35-27-14-10-22(33)17-25(27)28(34)29(35)19-6-4-5-18(15-19)24-13-7-20(16-26(24)32)30(36)40-3/h4-5,7-16,37H,6,17H2,1-3H3. The van der Waals surface area contributed by atoms with E-state index in [9.17, 15) is 22.7 Å². The van der Waals surface area contributed by atoms with Crippen LogP contribution in [0.5, 0.6) is 0 Å². The summed E-state index contributed by atoms with van der Waals surface area (Å²) < 4.78 is 49.5. The van der Waals surface area contributed by atoms with Gasteiger partial charge in [0, 0.05) is 20.6 Å². The van der Waals surface area contributed by atoms with Gasteiger partial charge in [-0.25, -0.2) is 21.6 Å². The number of aromatic nitrogens is 1. The van der Waals surface area contributed by atoms with E-state index in [1.165, 1.54) is 41.4 Å². The molecule has 10 heteroatoms. The lowest BCUT2D eigenvalue weighted by molar-refractivity contribution is 0.0600. The second-order valence-corrected chi connectivity index (χ2v) is 13.5. The minimum Gasteiger partial charge on any atom is -0.465 e. The maximum atomic E-state index is 14.4. The van der Waals surface area contributed by atoms with Crippen LogP contribution in [0.15, 0.2) is 77.5 Å². The molecule has 0 atom stereocenters. The molecule has 1 N–H and O–H groups in total. The Morgan fingerprint density at radius 2 is 1.85 bits per heavy atom. The van der Waals surface area contributed by atoms with E-state index in [0.717, 1.165) is 5.57 Å². The van der Waals surface area contributed by atoms with Gasteiger partial charge in [0.05, 0.1) is 33.9 Å². The number of methoxy groups -OCH3 is 1. The molecule has 2 aliphatic carbocycles. The third-order valence-electron chi connectivity index (χ3n) is 7.04. The summed E-state index contributed by atoms with van der Waals surface area (Å²) in [7, 11) is -2.84. The smallest absolute Gasteiger partial charge is 0.337 e. The fourth-order valence-corrected chi connectivity index (χ4v) is 7.99. The number of nitrogens with zero attached hydrogens (tertiary/aromatic N) is 1. The first-order valence-electron chi connectivity index (χ1n) is 12.7. The van der Waals surface area contributed by atoms with Crippen LogP contribution in [0, 0.1) is 3.57 Å². The van der Waals surface area contributed by atoms with E-state index >= 15 is 0 Å². The van der Waals surface area contributed by atoms with E-state index in [1.807, 2.05) is 18.2 Å². The van der Waals surface area contributed by atoms with E-state index in [4.69, 9.17) is 16.3 Å². The van der Waals surface area contributed by atoms with Gasteiger partial charge < -0.3 is 9.84 Å². The molecule has 0 bridgehead atoms. The Bertz CT molecular complexity index is 1910. The molecule has 0 saturated heterocycles. The third kappa shape index (κ3) is 5.48. The summed E-state index contributed by atoms with van der Waals surface area (Å²) in [6.07, 6.45) is 8.88. The van der Waals surface area contributed by atoms with Crippen LogP contribution in [-0.2, 0) is 26.8 Å². The van der Waals surface area contributed by atoms with Crippen LogP contribution in [0.2, 0.25) is 5.02 Å². The highest BCUT2D eigenvalue weighted by atomic mass is 127. The number of allylic oxidation sites excluding steroid dienone is 6. The van der Waals surface area contributed by atoms with Crippen molar-refractivity contribution in [1.82, 2.24) is 3.97 Å². The molecule has 3 aromatic rings. The van der Waals surface area contributed by atoms with Crippen LogP contribution in [-0.4, -0.2) is 30.6 Å². The number of hydrogen-bond donors (Lipinski definition) is 1. The zero-order chi connectivity index (χ0) is 29.7. The first-order chi connectivity index (χ1) is 19.3. The molecule has 0 aliphatic heterocycles. The summed E-state index contributed by atoms with van der Waals surface area (Å²) >= 11 is 8.64. The van der Waals surface area contributed by atoms with Crippen molar-refractivity contribution in [2.75, 3.05) is 7.11 Å². The lowest BCUT2D eigenvalue weighted by Gasteiger charge is -2.18. The molecule has 0 amide bonds. The monoisotopic (exact) mass is 705 g/mol. The molecule has 2 aromatic carbocycles. The summed E-state index contributed by atoms with van der Waals surface area (Å²) in [6.45, 7) is 3.25. The number of halogens is 3. The number of carbonyl (C=O) groups is 1. The Balaban J connectivity index is 1.75. The van der Waals surface area contributed by atoms with Gasteiger partial charge in [-0.3, -0.25) is 0 Å². The number of ether oxygens (including phenoxy) is 1. The van der Waals surface area contributed by atoms with Crippen molar-refractivity contribution in [2.45, 2.75) is 37.2 Å². The fraction of sp³-hybridized carbons (Fsp3) is 0.194. The molecule has 212 valence electrons. The maximum Gasteiger partial charge on any atom is 0.337 e. The summed E-state index contributed by atoms with van der Waals surface area (Å²) in [5.41, 5.74) is 2.45. The highest BCUT2D eigenvalue weighted by Crippen LogP contribution is 2.31. The Kier molecular flexibility index (Phi) is 7.92. The molecule has 0 spiro atoms. The summed E-state index contributed by atoms with van der Waals surface area (Å²) in [5.74, 6) is -0.858. The molecule has 0 radical (unpaired) electrons. The number of hydrogen-bond acceptors (Lipinski definition) is 5. The SMILES string of the molecule is COC(=O)c1ccc(C2=CC(=c3c(I)c4c(n3S(=O)(=O)c3ccc(C(C)(C)O)cc3)=CC=C(F)C4)CC=C2)c(Cl)c1. The predicted octanol–water partition coefficient (Wildman–Crippen LogP) is 5.38. The summed E-state index contributed by atoms with van der Waals surface area (Å²) in [5, 5.41) is 11.5. The molecule has 1 heterocycles. The molecule has 1 aromatic heterocycles. The van der Waals surface area contributed by atoms with Gasteiger partial charge >= 0.3 is 5.97 Å². The minimum atomic E-state index is -4.13. The second-order valence-electron chi connectivity index (χ2n) is 10.3. The topological polar surface area (TPSA) is 85.6 Å². The van der Waals surface area contributed by atoms with Gasteiger partial charge in [-0.2, -0.15) is 0 Å². The lowest BCUT2D eigenvalue weighted by atomic mass is 9.95. The van der Waals surface area contributed by atoms with Crippen molar-refractivity contribution in [2.24, 2.45) is 0 Å². The van der Waals surface area contributed by atoms with Gasteiger partial charge in [-0.1, -0.05) is 42.0 Å². The van der Waals surface area contributed by atoms with Crippen molar-refractivity contribution >= 4 is 67.4 Å². The molecular formula is C31H26ClFINO5S. The molecule has 0 saturated carbocycles. The van der Waals surface area contributed by atoms with Crippen molar-refractivity contribution in [3.8, 4) is 0 Å². The van der Waals surface area contributed by atoms with Gasteiger partial charge in [0.25, 0.3) is 10.0 Å². The van der Waals surface area contributed by atoms with Crippen molar-refractivity contribution < 1.29 is 27.4 Å². The number of aliphatic hydroxyl groups is 1. The molecule has 0 unspecified atom stereocenters. The lowest BCUT2D eigenvalue weighted by Crippen LogP contribution is -2.36. The fourth-order valence-electron chi connectivity index (χ4n) is 4.92. The van der Waals surface area contributed by atoms with Gasteiger partial charge in [-0.05, 0) is 108 Å². The Hall–Kier alpha value is -2.99. The van der Waals surface area contributed by atoms with E-state index in [0.29, 0.717) is 53.5 Å². The summed E-state index contributed by atoms with van der Waals surface area (Å²) in [4.78, 5) is 12.0. The molecule has 6 nitrogen and oxygen atoms in total. The van der Waals surface area contributed by atoms with E-state index in [2.05, 4.69) is 22.6 Å². The third-order valence-corrected chi connectivity index (χ3v) is 10.2. The molecular weight excluding hydrogens is 680 g/mol. The average Bonchev–Trinajstić information content (AvgIpc) is 3.24. The zero-order valence-corrected chi connectivity index (χ0v) is 26.1. The van der Waals surface area contributed by atoms with Crippen LogP contribution in [0.25, 0.3) is 17.2 Å². The van der Waals surface area contributed by atoms with Crippen molar-refractivity contribution in [3.63, 3.8) is 0 Å². The highest BCUT2D eigenvalue weighted by molar-refractivity contribution is 14.1. The molecule has 5 rings (SSSR count). The number of esters is 1. The number of benzene rings is 2. The quantitative estimate of drug-likeness (QED) is 0.285. The predicted molar refractivity (Wildman–Crippen MR) is 166 cm³/mol. The average molecular weight is 706 g/mol. The Morgan fingerprint density at radius 3 is 2.49 bits per heavy atom. The normalized spacial score (nSPS) is 16.5. The maximum absolute atomic E-state index is 14.4. The zero-order valence-electron chi connectivity index (χ0n) is 22.4. The number of rotatable bonds is 5. The van der Waals surface area contributed by atoms with Gasteiger partial charge in [0.1, 0.15) is 5.83 Å². The first kappa shape index (κ1) is 29.5. The van der Waals surface area contributed by atoms with E-state index < -0.39 is 21.6 Å². The Labute approximate surface area is 256 Å². The van der Waals surface area contributed by atoms with Crippen LogP contribution < -0.4 is 10.7 Å². The number of carbonyl (C=O) groups excluding carboxylic acids is 1. The molecule has 2 aliphatic rings. The van der Waals surface area contributed by atoms with Crippen LogP contribution in [0.4, 0.5) is 4.39 Å². The van der Waals surface area contributed by atoms with Crippen molar-refractivity contribution in [3.05, 3.63) is 114 Å². The van der Waals surface area contributed by atoms with Crippen LogP contribution >= 0.6 is 34.2 Å².